The van der Waals surface area contributed by atoms with Crippen LogP contribution in [0.5, 0.6) is 0 Å². The Morgan fingerprint density at radius 3 is 2.55 bits per heavy atom. The van der Waals surface area contributed by atoms with Gasteiger partial charge in [-0.1, -0.05) is 54.9 Å². The Labute approximate surface area is 125 Å². The lowest BCUT2D eigenvalue weighted by atomic mass is 9.94. The van der Waals surface area contributed by atoms with Gasteiger partial charge in [-0.3, -0.25) is 0 Å². The summed E-state index contributed by atoms with van der Waals surface area (Å²) >= 11 is 5.95. The lowest BCUT2D eigenvalue weighted by Gasteiger charge is -2.18. The van der Waals surface area contributed by atoms with Crippen LogP contribution in [0.4, 0.5) is 5.69 Å². The largest absolute Gasteiger partial charge is 0.370 e. The highest BCUT2D eigenvalue weighted by atomic mass is 35.5. The first-order valence-corrected chi connectivity index (χ1v) is 7.03. The quantitative estimate of drug-likeness (QED) is 0.853. The van der Waals surface area contributed by atoms with E-state index in [1.807, 2.05) is 42.5 Å². The molecule has 0 heterocycles. The van der Waals surface area contributed by atoms with Crippen LogP contribution in [0.3, 0.4) is 0 Å². The highest BCUT2D eigenvalue weighted by Crippen LogP contribution is 2.23. The maximum Gasteiger partial charge on any atom is 0.115 e. The van der Waals surface area contributed by atoms with Crippen molar-refractivity contribution in [3.8, 4) is 6.07 Å². The molecule has 0 spiro atoms. The number of nitrogens with zero attached hydrogens (tertiary/aromatic N) is 1. The maximum atomic E-state index is 9.31. The molecule has 0 radical (unpaired) electrons. The molecule has 2 aromatic rings. The Morgan fingerprint density at radius 2 is 1.90 bits per heavy atom. The highest BCUT2D eigenvalue weighted by molar-refractivity contribution is 6.30. The molecule has 0 aliphatic heterocycles. The number of benzene rings is 2. The summed E-state index contributed by atoms with van der Waals surface area (Å²) < 4.78 is 0. The van der Waals surface area contributed by atoms with Crippen molar-refractivity contribution in [3.05, 3.63) is 65.2 Å². The second-order valence-electron chi connectivity index (χ2n) is 4.88. The zero-order valence-electron chi connectivity index (χ0n) is 11.4. The first-order valence-electron chi connectivity index (χ1n) is 6.65. The number of hydrogen-bond donors (Lipinski definition) is 1. The molecule has 20 heavy (non-hydrogen) atoms. The average molecular weight is 285 g/mol. The van der Waals surface area contributed by atoms with Gasteiger partial charge in [-0.25, -0.2) is 0 Å². The summed E-state index contributed by atoms with van der Waals surface area (Å²) in [5, 5.41) is 13.2. The molecule has 2 unspecified atom stereocenters. The van der Waals surface area contributed by atoms with Gasteiger partial charge in [-0.15, -0.1) is 0 Å². The fraction of sp³-hybridized carbons (Fsp3) is 0.235. The van der Waals surface area contributed by atoms with Gasteiger partial charge >= 0.3 is 0 Å². The lowest BCUT2D eigenvalue weighted by molar-refractivity contribution is 0.652. The van der Waals surface area contributed by atoms with Crippen molar-refractivity contribution in [3.63, 3.8) is 0 Å². The van der Waals surface area contributed by atoms with Gasteiger partial charge in [0, 0.05) is 10.7 Å². The van der Waals surface area contributed by atoms with Gasteiger partial charge < -0.3 is 5.32 Å². The van der Waals surface area contributed by atoms with Gasteiger partial charge in [-0.2, -0.15) is 5.26 Å². The number of nitrogens with one attached hydrogen (secondary N) is 1. The lowest BCUT2D eigenvalue weighted by Crippen LogP contribution is -2.19. The molecule has 0 aromatic heterocycles. The van der Waals surface area contributed by atoms with Crippen LogP contribution >= 0.6 is 11.6 Å². The molecular formula is C17H17ClN2. The van der Waals surface area contributed by atoms with Crippen molar-refractivity contribution >= 4 is 17.3 Å². The minimum Gasteiger partial charge on any atom is -0.370 e. The summed E-state index contributed by atoms with van der Waals surface area (Å²) in [6, 6.07) is 19.8. The highest BCUT2D eigenvalue weighted by Gasteiger charge is 2.14. The predicted octanol–water partition coefficient (Wildman–Crippen LogP) is 4.84. The molecule has 102 valence electrons. The smallest absolute Gasteiger partial charge is 0.115 e. The topological polar surface area (TPSA) is 35.8 Å². The summed E-state index contributed by atoms with van der Waals surface area (Å²) in [4.78, 5) is 0. The molecule has 0 aliphatic rings. The van der Waals surface area contributed by atoms with E-state index in [0.29, 0.717) is 10.9 Å². The van der Waals surface area contributed by atoms with E-state index < -0.39 is 0 Å². The Morgan fingerprint density at radius 1 is 1.15 bits per heavy atom. The van der Waals surface area contributed by atoms with Crippen LogP contribution in [0.1, 0.15) is 24.8 Å². The zero-order valence-corrected chi connectivity index (χ0v) is 12.1. The van der Waals surface area contributed by atoms with Crippen molar-refractivity contribution in [1.82, 2.24) is 0 Å². The van der Waals surface area contributed by atoms with E-state index in [1.54, 1.807) is 0 Å². The molecule has 0 amide bonds. The number of hydrogen-bond acceptors (Lipinski definition) is 2. The maximum absolute atomic E-state index is 9.31. The predicted molar refractivity (Wildman–Crippen MR) is 83.9 cm³/mol. The van der Waals surface area contributed by atoms with E-state index >= 15 is 0 Å². The number of rotatable bonds is 5. The van der Waals surface area contributed by atoms with Gasteiger partial charge in [0.25, 0.3) is 0 Å². The SMILES string of the molecule is CC(CC(C#N)Nc1cccc(Cl)c1)c1ccccc1. The zero-order chi connectivity index (χ0) is 14.4. The molecule has 0 fully saturated rings. The number of nitriles is 1. The van der Waals surface area contributed by atoms with Crippen molar-refractivity contribution in [1.29, 1.82) is 5.26 Å². The molecule has 2 aromatic carbocycles. The third-order valence-electron chi connectivity index (χ3n) is 3.28. The Hall–Kier alpha value is -1.98. The van der Waals surface area contributed by atoms with Crippen LogP contribution in [-0.2, 0) is 0 Å². The summed E-state index contributed by atoms with van der Waals surface area (Å²) in [5.74, 6) is 0.326. The first kappa shape index (κ1) is 14.4. The number of anilines is 1. The van der Waals surface area contributed by atoms with Gasteiger partial charge in [-0.05, 0) is 36.1 Å². The van der Waals surface area contributed by atoms with Crippen LogP contribution in [0.15, 0.2) is 54.6 Å². The van der Waals surface area contributed by atoms with E-state index in [1.165, 1.54) is 5.56 Å². The molecule has 1 N–H and O–H groups in total. The van der Waals surface area contributed by atoms with Crippen molar-refractivity contribution in [2.24, 2.45) is 0 Å². The molecule has 2 atom stereocenters. The van der Waals surface area contributed by atoms with E-state index in [0.717, 1.165) is 12.1 Å². The second-order valence-corrected chi connectivity index (χ2v) is 5.32. The fourth-order valence-corrected chi connectivity index (χ4v) is 2.38. The van der Waals surface area contributed by atoms with Crippen LogP contribution in [0, 0.1) is 11.3 Å². The minimum atomic E-state index is -0.233. The Balaban J connectivity index is 2.01. The van der Waals surface area contributed by atoms with Gasteiger partial charge in [0.1, 0.15) is 6.04 Å². The molecular weight excluding hydrogens is 268 g/mol. The molecule has 0 bridgehead atoms. The summed E-state index contributed by atoms with van der Waals surface area (Å²) in [6.45, 7) is 2.14. The number of halogens is 1. The monoisotopic (exact) mass is 284 g/mol. The van der Waals surface area contributed by atoms with Gasteiger partial charge in [0.2, 0.25) is 0 Å². The molecule has 0 saturated carbocycles. The summed E-state index contributed by atoms with van der Waals surface area (Å²) in [7, 11) is 0. The standard InChI is InChI=1S/C17H17ClN2/c1-13(14-6-3-2-4-7-14)10-17(12-19)20-16-9-5-8-15(18)11-16/h2-9,11,13,17,20H,10H2,1H3. The normalized spacial score (nSPS) is 13.2. The van der Waals surface area contributed by atoms with Crippen molar-refractivity contribution < 1.29 is 0 Å². The third-order valence-corrected chi connectivity index (χ3v) is 3.51. The van der Waals surface area contributed by atoms with Crippen molar-refractivity contribution in [2.75, 3.05) is 5.32 Å². The first-order chi connectivity index (χ1) is 9.69. The van der Waals surface area contributed by atoms with Crippen LogP contribution in [0.2, 0.25) is 5.02 Å². The summed E-state index contributed by atoms with van der Waals surface area (Å²) in [6.07, 6.45) is 0.757. The average Bonchev–Trinajstić information content (AvgIpc) is 2.47. The Kier molecular flexibility index (Phi) is 5.03. The van der Waals surface area contributed by atoms with Crippen LogP contribution < -0.4 is 5.32 Å². The second kappa shape index (κ2) is 6.98. The van der Waals surface area contributed by atoms with E-state index in [-0.39, 0.29) is 6.04 Å². The van der Waals surface area contributed by atoms with Gasteiger partial charge in [0.15, 0.2) is 0 Å². The molecule has 0 aliphatic carbocycles. The van der Waals surface area contributed by atoms with Crippen molar-refractivity contribution in [2.45, 2.75) is 25.3 Å². The molecule has 0 saturated heterocycles. The van der Waals surface area contributed by atoms with Crippen LogP contribution in [0.25, 0.3) is 0 Å². The van der Waals surface area contributed by atoms with E-state index in [4.69, 9.17) is 11.6 Å². The fourth-order valence-electron chi connectivity index (χ4n) is 2.19. The van der Waals surface area contributed by atoms with Crippen LogP contribution in [-0.4, -0.2) is 6.04 Å². The Bertz CT molecular complexity index is 589. The molecule has 2 nitrogen and oxygen atoms in total. The summed E-state index contributed by atoms with van der Waals surface area (Å²) in [5.41, 5.74) is 2.13. The molecule has 2 rings (SSSR count). The minimum absolute atomic E-state index is 0.233. The van der Waals surface area contributed by atoms with E-state index in [2.05, 4.69) is 30.4 Å². The van der Waals surface area contributed by atoms with Gasteiger partial charge in [0.05, 0.1) is 6.07 Å². The molecule has 3 heteroatoms. The van der Waals surface area contributed by atoms with E-state index in [9.17, 15) is 5.26 Å². The third kappa shape index (κ3) is 4.01.